The molecule has 0 heterocycles. The van der Waals surface area contributed by atoms with Gasteiger partial charge in [-0.1, -0.05) is 12.1 Å². The van der Waals surface area contributed by atoms with Crippen LogP contribution in [0.4, 0.5) is 0 Å². The van der Waals surface area contributed by atoms with Crippen LogP contribution in [0.5, 0.6) is 0 Å². The van der Waals surface area contributed by atoms with Crippen LogP contribution in [0.15, 0.2) is 24.3 Å². The number of aromatic carboxylic acids is 1. The number of carboxylic acids is 3. The Kier molecular flexibility index (Phi) is 12.3. The SMILES string of the molecule is O=C([O-])CC[C@H](NC(=O)c1ccccc1C(=O)O)C(=O)[O-].[Na+].[Na+]. The van der Waals surface area contributed by atoms with Crippen LogP contribution in [0.25, 0.3) is 0 Å². The van der Waals surface area contributed by atoms with E-state index in [1.807, 2.05) is 5.32 Å². The molecule has 0 saturated heterocycles. The predicted octanol–water partition coefficient (Wildman–Crippen LogP) is -8.23. The summed E-state index contributed by atoms with van der Waals surface area (Å²) in [5, 5.41) is 32.1. The molecule has 0 unspecified atom stereocenters. The number of carbonyl (C=O) groups excluding carboxylic acids is 3. The molecule has 0 aliphatic heterocycles. The Morgan fingerprint density at radius 2 is 1.57 bits per heavy atom. The maximum absolute atomic E-state index is 11.9. The van der Waals surface area contributed by atoms with Crippen molar-refractivity contribution < 1.29 is 93.6 Å². The molecule has 0 saturated carbocycles. The largest absolute Gasteiger partial charge is 1.00 e. The molecule has 1 aromatic rings. The van der Waals surface area contributed by atoms with E-state index in [9.17, 15) is 29.4 Å². The molecule has 0 spiro atoms. The molecular formula is C13H11NNa2O7. The van der Waals surface area contributed by atoms with E-state index >= 15 is 0 Å². The van der Waals surface area contributed by atoms with Crippen molar-refractivity contribution in [3.63, 3.8) is 0 Å². The third-order valence-corrected chi connectivity index (χ3v) is 2.63. The Balaban J connectivity index is 0. The van der Waals surface area contributed by atoms with Gasteiger partial charge < -0.3 is 30.2 Å². The van der Waals surface area contributed by atoms with Crippen molar-refractivity contribution in [2.75, 3.05) is 0 Å². The van der Waals surface area contributed by atoms with Crippen molar-refractivity contribution in [3.8, 4) is 0 Å². The van der Waals surface area contributed by atoms with Gasteiger partial charge in [-0.2, -0.15) is 0 Å². The molecule has 1 aromatic carbocycles. The van der Waals surface area contributed by atoms with Crippen LogP contribution in [0, 0.1) is 0 Å². The fraction of sp³-hybridized carbons (Fsp3) is 0.231. The molecule has 0 aromatic heterocycles. The van der Waals surface area contributed by atoms with Gasteiger partial charge in [0, 0.05) is 5.97 Å². The van der Waals surface area contributed by atoms with E-state index in [4.69, 9.17) is 5.11 Å². The van der Waals surface area contributed by atoms with Gasteiger partial charge >= 0.3 is 65.1 Å². The van der Waals surface area contributed by atoms with E-state index in [0.29, 0.717) is 0 Å². The van der Waals surface area contributed by atoms with E-state index < -0.39 is 42.7 Å². The fourth-order valence-corrected chi connectivity index (χ4v) is 1.61. The molecule has 1 rings (SSSR count). The van der Waals surface area contributed by atoms with Crippen LogP contribution >= 0.6 is 0 Å². The van der Waals surface area contributed by atoms with Crippen LogP contribution in [0.3, 0.4) is 0 Å². The van der Waals surface area contributed by atoms with Crippen molar-refractivity contribution in [1.29, 1.82) is 0 Å². The quantitative estimate of drug-likeness (QED) is 0.469. The minimum Gasteiger partial charge on any atom is -0.550 e. The molecule has 10 heteroatoms. The number of carbonyl (C=O) groups is 4. The minimum atomic E-state index is -1.67. The topological polar surface area (TPSA) is 147 Å². The number of rotatable bonds is 7. The first kappa shape index (κ1) is 24.4. The number of aliphatic carboxylic acids is 2. The van der Waals surface area contributed by atoms with Crippen LogP contribution in [0.2, 0.25) is 0 Å². The maximum Gasteiger partial charge on any atom is 1.00 e. The van der Waals surface area contributed by atoms with Crippen molar-refractivity contribution in [2.24, 2.45) is 0 Å². The Bertz CT molecular complexity index is 591. The number of carboxylic acid groups (broad SMARTS) is 3. The third kappa shape index (κ3) is 7.96. The monoisotopic (exact) mass is 339 g/mol. The van der Waals surface area contributed by atoms with E-state index in [0.717, 1.165) is 0 Å². The molecular weight excluding hydrogens is 328 g/mol. The Morgan fingerprint density at radius 3 is 2.00 bits per heavy atom. The molecule has 2 N–H and O–H groups in total. The van der Waals surface area contributed by atoms with Crippen molar-refractivity contribution >= 4 is 23.8 Å². The summed E-state index contributed by atoms with van der Waals surface area (Å²) < 4.78 is 0. The van der Waals surface area contributed by atoms with Crippen molar-refractivity contribution in [1.82, 2.24) is 5.32 Å². The summed E-state index contributed by atoms with van der Waals surface area (Å²) in [6, 6.07) is 3.66. The first-order valence-electron chi connectivity index (χ1n) is 5.86. The normalized spacial score (nSPS) is 10.4. The third-order valence-electron chi connectivity index (χ3n) is 2.63. The number of benzene rings is 1. The minimum absolute atomic E-state index is 0. The second kappa shape index (κ2) is 11.6. The molecule has 112 valence electrons. The number of nitrogens with one attached hydrogen (secondary N) is 1. The van der Waals surface area contributed by atoms with Gasteiger partial charge in [0.15, 0.2) is 0 Å². The van der Waals surface area contributed by atoms with Gasteiger partial charge in [-0.15, -0.1) is 0 Å². The predicted molar refractivity (Wildman–Crippen MR) is 63.9 cm³/mol. The summed E-state index contributed by atoms with van der Waals surface area (Å²) in [5.74, 6) is -5.43. The van der Waals surface area contributed by atoms with E-state index in [2.05, 4.69) is 0 Å². The molecule has 0 fully saturated rings. The average Bonchev–Trinajstić information content (AvgIpc) is 2.42. The number of hydrogen-bond acceptors (Lipinski definition) is 6. The molecule has 8 nitrogen and oxygen atoms in total. The van der Waals surface area contributed by atoms with Gasteiger partial charge in [0.05, 0.1) is 23.1 Å². The standard InChI is InChI=1S/C13H13NO7.2Na/c15-10(16)6-5-9(13(20)21)14-11(17)7-3-1-2-4-8(7)12(18)19;;/h1-4,9H,5-6H2,(H,14,17)(H,15,16)(H,18,19)(H,20,21);;/q;2*+1/p-2/t9-;;/m0../s1. The van der Waals surface area contributed by atoms with Gasteiger partial charge in [0.2, 0.25) is 0 Å². The molecule has 0 aliphatic carbocycles. The summed E-state index contributed by atoms with van der Waals surface area (Å²) in [4.78, 5) is 44.0. The number of amides is 1. The summed E-state index contributed by atoms with van der Waals surface area (Å²) in [5.41, 5.74) is -0.531. The van der Waals surface area contributed by atoms with Crippen LogP contribution < -0.4 is 74.6 Å². The van der Waals surface area contributed by atoms with Gasteiger partial charge in [0.25, 0.3) is 5.91 Å². The molecule has 23 heavy (non-hydrogen) atoms. The Morgan fingerprint density at radius 1 is 1.04 bits per heavy atom. The zero-order valence-corrected chi connectivity index (χ0v) is 16.7. The van der Waals surface area contributed by atoms with Crippen LogP contribution in [0.1, 0.15) is 33.6 Å². The maximum atomic E-state index is 11.9. The number of hydrogen-bond donors (Lipinski definition) is 2. The smallest absolute Gasteiger partial charge is 0.550 e. The second-order valence-corrected chi connectivity index (χ2v) is 4.11. The summed E-state index contributed by atoms with van der Waals surface area (Å²) in [6.07, 6.45) is -1.01. The summed E-state index contributed by atoms with van der Waals surface area (Å²) >= 11 is 0. The van der Waals surface area contributed by atoms with Crippen LogP contribution in [-0.2, 0) is 9.59 Å². The molecule has 0 radical (unpaired) electrons. The van der Waals surface area contributed by atoms with E-state index in [-0.39, 0.29) is 70.2 Å². The fourth-order valence-electron chi connectivity index (χ4n) is 1.61. The van der Waals surface area contributed by atoms with Crippen LogP contribution in [-0.4, -0.2) is 35.0 Å². The molecule has 1 amide bonds. The van der Waals surface area contributed by atoms with Gasteiger partial charge in [-0.05, 0) is 25.0 Å². The molecule has 1 atom stereocenters. The first-order chi connectivity index (χ1) is 9.82. The average molecular weight is 339 g/mol. The Hall–Kier alpha value is -0.900. The van der Waals surface area contributed by atoms with Gasteiger partial charge in [0.1, 0.15) is 0 Å². The van der Waals surface area contributed by atoms with Gasteiger partial charge in [-0.25, -0.2) is 4.79 Å². The van der Waals surface area contributed by atoms with E-state index in [1.54, 1.807) is 0 Å². The zero-order chi connectivity index (χ0) is 16.0. The summed E-state index contributed by atoms with van der Waals surface area (Å²) in [7, 11) is 0. The molecule has 0 aliphatic rings. The van der Waals surface area contributed by atoms with E-state index in [1.165, 1.54) is 24.3 Å². The summed E-state index contributed by atoms with van der Waals surface area (Å²) in [6.45, 7) is 0. The van der Waals surface area contributed by atoms with Crippen molar-refractivity contribution in [3.05, 3.63) is 35.4 Å². The first-order valence-corrected chi connectivity index (χ1v) is 5.86. The van der Waals surface area contributed by atoms with Gasteiger partial charge in [-0.3, -0.25) is 4.79 Å². The molecule has 0 bridgehead atoms. The zero-order valence-electron chi connectivity index (χ0n) is 12.7. The Labute approximate surface area is 175 Å². The second-order valence-electron chi connectivity index (χ2n) is 4.11. The van der Waals surface area contributed by atoms with Crippen molar-refractivity contribution in [2.45, 2.75) is 18.9 Å².